The second-order valence-corrected chi connectivity index (χ2v) is 6.81. The van der Waals surface area contributed by atoms with Gasteiger partial charge in [-0.05, 0) is 41.5 Å². The normalized spacial score (nSPS) is 26.1. The smallest absolute Gasteiger partial charge is 0.308 e. The molecule has 0 aromatic carbocycles. The molecule has 1 fully saturated rings. The molecule has 2 atom stereocenters. The number of carbonyl (C=O) groups is 2. The zero-order valence-corrected chi connectivity index (χ0v) is 13.3. The van der Waals surface area contributed by atoms with E-state index in [2.05, 4.69) is 0 Å². The highest BCUT2D eigenvalue weighted by Gasteiger charge is 2.37. The van der Waals surface area contributed by atoms with Gasteiger partial charge in [0.1, 0.15) is 11.4 Å². The molecule has 20 heavy (non-hydrogen) atoms. The summed E-state index contributed by atoms with van der Waals surface area (Å²) in [6, 6.07) is 0. The van der Waals surface area contributed by atoms with Gasteiger partial charge in [-0.25, -0.2) is 0 Å². The van der Waals surface area contributed by atoms with Crippen LogP contribution >= 0.6 is 0 Å². The van der Waals surface area contributed by atoms with Crippen molar-refractivity contribution in [3.63, 3.8) is 0 Å². The molecule has 0 radical (unpaired) electrons. The van der Waals surface area contributed by atoms with Crippen LogP contribution in [0.25, 0.3) is 0 Å². The average Bonchev–Trinajstić information content (AvgIpc) is 2.08. The Morgan fingerprint density at radius 3 is 2.10 bits per heavy atom. The molecule has 1 rings (SSSR count). The molecule has 0 bridgehead atoms. The third-order valence-corrected chi connectivity index (χ3v) is 2.76. The Morgan fingerprint density at radius 1 is 1.15 bits per heavy atom. The van der Waals surface area contributed by atoms with E-state index < -0.39 is 11.4 Å². The molecule has 0 N–H and O–H groups in total. The molecule has 0 aromatic rings. The van der Waals surface area contributed by atoms with Gasteiger partial charge in [-0.3, -0.25) is 9.59 Å². The summed E-state index contributed by atoms with van der Waals surface area (Å²) in [5, 5.41) is 0. The van der Waals surface area contributed by atoms with Gasteiger partial charge in [0, 0.05) is 12.8 Å². The van der Waals surface area contributed by atoms with E-state index in [-0.39, 0.29) is 30.4 Å². The van der Waals surface area contributed by atoms with Gasteiger partial charge >= 0.3 is 5.97 Å². The summed E-state index contributed by atoms with van der Waals surface area (Å²) in [5.74, 6) is -1.00. The first-order valence-corrected chi connectivity index (χ1v) is 7.04. The van der Waals surface area contributed by atoms with Crippen LogP contribution in [0.5, 0.6) is 0 Å². The largest absolute Gasteiger partial charge is 0.460 e. The Balaban J connectivity index is 2.60. The third kappa shape index (κ3) is 6.48. The van der Waals surface area contributed by atoms with E-state index in [0.29, 0.717) is 12.8 Å². The monoisotopic (exact) mass is 286 g/mol. The number of Topliss-reactive ketones (excluding diaryl/α,β-unsaturated/α-hetero) is 1. The van der Waals surface area contributed by atoms with Crippen LogP contribution < -0.4 is 0 Å². The predicted octanol–water partition coefficient (Wildman–Crippen LogP) is 2.61. The van der Waals surface area contributed by atoms with Gasteiger partial charge in [-0.15, -0.1) is 0 Å². The van der Waals surface area contributed by atoms with Gasteiger partial charge in [0.05, 0.1) is 18.6 Å². The fourth-order valence-corrected chi connectivity index (χ4v) is 2.36. The van der Waals surface area contributed by atoms with Crippen LogP contribution in [0.3, 0.4) is 0 Å². The van der Waals surface area contributed by atoms with E-state index >= 15 is 0 Å². The van der Waals surface area contributed by atoms with Crippen LogP contribution in [-0.2, 0) is 23.8 Å². The lowest BCUT2D eigenvalue weighted by molar-refractivity contribution is -0.299. The van der Waals surface area contributed by atoms with Crippen LogP contribution in [0.2, 0.25) is 0 Å². The number of rotatable bonds is 4. The molecule has 5 nitrogen and oxygen atoms in total. The molecule has 1 heterocycles. The molecule has 1 saturated heterocycles. The number of esters is 1. The van der Waals surface area contributed by atoms with E-state index in [9.17, 15) is 9.59 Å². The lowest BCUT2D eigenvalue weighted by Gasteiger charge is -2.40. The van der Waals surface area contributed by atoms with E-state index in [1.165, 1.54) is 6.92 Å². The van der Waals surface area contributed by atoms with Crippen LogP contribution in [0.15, 0.2) is 0 Å². The number of ketones is 1. The first-order valence-electron chi connectivity index (χ1n) is 7.04. The molecule has 0 amide bonds. The van der Waals surface area contributed by atoms with Gasteiger partial charge in [-0.1, -0.05) is 0 Å². The minimum Gasteiger partial charge on any atom is -0.460 e. The number of carbonyl (C=O) groups excluding carboxylic acids is 2. The summed E-state index contributed by atoms with van der Waals surface area (Å²) >= 11 is 0. The van der Waals surface area contributed by atoms with Gasteiger partial charge < -0.3 is 14.2 Å². The molecule has 116 valence electrons. The lowest BCUT2D eigenvalue weighted by Crippen LogP contribution is -2.46. The highest BCUT2D eigenvalue weighted by molar-refractivity contribution is 5.76. The van der Waals surface area contributed by atoms with Crippen LogP contribution in [0.4, 0.5) is 0 Å². The Morgan fingerprint density at radius 2 is 1.65 bits per heavy atom. The first-order chi connectivity index (χ1) is 8.97. The fraction of sp³-hybridized carbons (Fsp3) is 0.867. The molecular formula is C15H26O5. The van der Waals surface area contributed by atoms with Crippen molar-refractivity contribution in [3.8, 4) is 0 Å². The quantitative estimate of drug-likeness (QED) is 0.743. The summed E-state index contributed by atoms with van der Waals surface area (Å²) in [6.45, 7) is 10.6. The summed E-state index contributed by atoms with van der Waals surface area (Å²) in [6.07, 6.45) is 0.569. The molecular weight excluding hydrogens is 260 g/mol. The van der Waals surface area contributed by atoms with Crippen molar-refractivity contribution in [2.24, 2.45) is 0 Å². The van der Waals surface area contributed by atoms with Gasteiger partial charge in [0.15, 0.2) is 5.79 Å². The van der Waals surface area contributed by atoms with E-state index in [1.807, 2.05) is 20.8 Å². The van der Waals surface area contributed by atoms with Crippen molar-refractivity contribution in [2.75, 3.05) is 0 Å². The number of hydrogen-bond acceptors (Lipinski definition) is 5. The highest BCUT2D eigenvalue weighted by Crippen LogP contribution is 2.30. The molecule has 1 aliphatic rings. The molecule has 1 aliphatic heterocycles. The summed E-state index contributed by atoms with van der Waals surface area (Å²) in [7, 11) is 0. The van der Waals surface area contributed by atoms with Crippen molar-refractivity contribution in [1.29, 1.82) is 0 Å². The summed E-state index contributed by atoms with van der Waals surface area (Å²) in [4.78, 5) is 23.1. The molecule has 0 saturated carbocycles. The van der Waals surface area contributed by atoms with Gasteiger partial charge in [-0.2, -0.15) is 0 Å². The minimum absolute atomic E-state index is 0.0729. The van der Waals surface area contributed by atoms with Crippen LogP contribution in [-0.4, -0.2) is 35.3 Å². The molecule has 0 aliphatic carbocycles. The molecule has 0 aromatic heterocycles. The predicted molar refractivity (Wildman–Crippen MR) is 74.2 cm³/mol. The zero-order valence-electron chi connectivity index (χ0n) is 13.3. The van der Waals surface area contributed by atoms with Crippen LogP contribution in [0.1, 0.15) is 60.8 Å². The standard InChI is InChI=1S/C15H26O5/c1-10(16)7-11-8-12(19-15(5,6)18-11)9-13(17)20-14(2,3)4/h11-12H,7-9H2,1-6H3/t11-,12-/m1/s1. The first kappa shape index (κ1) is 17.1. The number of hydrogen-bond donors (Lipinski definition) is 0. The van der Waals surface area contributed by atoms with Crippen molar-refractivity contribution in [2.45, 2.75) is 84.4 Å². The molecule has 0 unspecified atom stereocenters. The maximum atomic E-state index is 11.9. The van der Waals surface area contributed by atoms with Crippen molar-refractivity contribution in [3.05, 3.63) is 0 Å². The molecule has 0 spiro atoms. The second kappa shape index (κ2) is 6.22. The SMILES string of the molecule is CC(=O)C[C@@H]1C[C@H](CC(=O)OC(C)(C)C)OC(C)(C)O1. The zero-order chi connectivity index (χ0) is 15.6. The summed E-state index contributed by atoms with van der Waals surface area (Å²) in [5.41, 5.74) is -0.503. The maximum Gasteiger partial charge on any atom is 0.308 e. The minimum atomic E-state index is -0.787. The maximum absolute atomic E-state index is 11.9. The number of ether oxygens (including phenoxy) is 3. The topological polar surface area (TPSA) is 61.8 Å². The van der Waals surface area contributed by atoms with E-state index in [0.717, 1.165) is 0 Å². The van der Waals surface area contributed by atoms with E-state index in [4.69, 9.17) is 14.2 Å². The Labute approximate surface area is 121 Å². The fourth-order valence-electron chi connectivity index (χ4n) is 2.36. The van der Waals surface area contributed by atoms with Crippen molar-refractivity contribution < 1.29 is 23.8 Å². The van der Waals surface area contributed by atoms with Gasteiger partial charge in [0.2, 0.25) is 0 Å². The third-order valence-electron chi connectivity index (χ3n) is 2.76. The highest BCUT2D eigenvalue weighted by atomic mass is 16.7. The van der Waals surface area contributed by atoms with Gasteiger partial charge in [0.25, 0.3) is 0 Å². The van der Waals surface area contributed by atoms with Crippen molar-refractivity contribution >= 4 is 11.8 Å². The molecule has 5 heteroatoms. The van der Waals surface area contributed by atoms with Crippen LogP contribution in [0, 0.1) is 0 Å². The van der Waals surface area contributed by atoms with E-state index in [1.54, 1.807) is 13.8 Å². The van der Waals surface area contributed by atoms with Crippen molar-refractivity contribution in [1.82, 2.24) is 0 Å². The Kier molecular flexibility index (Phi) is 5.33. The average molecular weight is 286 g/mol. The Bertz CT molecular complexity index is 367. The Hall–Kier alpha value is -0.940. The lowest BCUT2D eigenvalue weighted by atomic mass is 10.0. The second-order valence-electron chi connectivity index (χ2n) is 6.81. The summed E-state index contributed by atoms with van der Waals surface area (Å²) < 4.78 is 16.7.